The lowest BCUT2D eigenvalue weighted by molar-refractivity contribution is -0.145. The molecule has 0 bridgehead atoms. The molecule has 1 atom stereocenters. The number of carbonyl (C=O) groups excluding carboxylic acids is 3. The van der Waals surface area contributed by atoms with Gasteiger partial charge in [0.25, 0.3) is 0 Å². The Morgan fingerprint density at radius 3 is 2.49 bits per heavy atom. The maximum absolute atomic E-state index is 13.2. The van der Waals surface area contributed by atoms with Gasteiger partial charge in [-0.25, -0.2) is 0 Å². The summed E-state index contributed by atoms with van der Waals surface area (Å²) in [5, 5.41) is 6.11. The zero-order chi connectivity index (χ0) is 25.8. The first-order valence-electron chi connectivity index (χ1n) is 12.4. The van der Waals surface area contributed by atoms with E-state index in [2.05, 4.69) is 20.4 Å². The van der Waals surface area contributed by atoms with Crippen molar-refractivity contribution in [3.63, 3.8) is 0 Å². The van der Waals surface area contributed by atoms with Crippen molar-refractivity contribution in [1.82, 2.24) is 20.0 Å². The van der Waals surface area contributed by atoms with Gasteiger partial charge < -0.3 is 25.0 Å². The van der Waals surface area contributed by atoms with E-state index in [0.717, 1.165) is 49.8 Å². The minimum absolute atomic E-state index is 0.108. The molecule has 0 spiro atoms. The number of piperazine rings is 2. The Morgan fingerprint density at radius 1 is 0.973 bits per heavy atom. The van der Waals surface area contributed by atoms with Crippen LogP contribution in [0.2, 0.25) is 5.02 Å². The highest BCUT2D eigenvalue weighted by molar-refractivity contribution is 6.30. The molecule has 2 N–H and O–H groups in total. The molecular formula is C26H30ClN5O5. The average molecular weight is 528 g/mol. The van der Waals surface area contributed by atoms with Gasteiger partial charge >= 0.3 is 0 Å². The minimum Gasteiger partial charge on any atom is -0.454 e. The van der Waals surface area contributed by atoms with Crippen molar-refractivity contribution in [2.24, 2.45) is 0 Å². The summed E-state index contributed by atoms with van der Waals surface area (Å²) in [6, 6.07) is 11.9. The van der Waals surface area contributed by atoms with Gasteiger partial charge in [-0.05, 0) is 42.0 Å². The molecule has 2 aromatic rings. The Hall–Kier alpha value is -3.34. The Kier molecular flexibility index (Phi) is 7.78. The summed E-state index contributed by atoms with van der Waals surface area (Å²) in [6.45, 7) is 5.20. The number of fused-ring (bicyclic) bond motifs is 1. The third kappa shape index (κ3) is 6.33. The molecule has 0 radical (unpaired) electrons. The Morgan fingerprint density at radius 2 is 1.70 bits per heavy atom. The lowest BCUT2D eigenvalue weighted by Gasteiger charge is -2.38. The van der Waals surface area contributed by atoms with Crippen LogP contribution in [-0.4, -0.2) is 91.1 Å². The van der Waals surface area contributed by atoms with Crippen molar-refractivity contribution < 1.29 is 23.9 Å². The second-order valence-corrected chi connectivity index (χ2v) is 9.83. The molecule has 3 aliphatic heterocycles. The molecule has 2 fully saturated rings. The number of rotatable bonds is 7. The van der Waals surface area contributed by atoms with E-state index < -0.39 is 6.04 Å². The Bertz CT molecular complexity index is 1150. The molecule has 11 heteroatoms. The second kappa shape index (κ2) is 11.4. The van der Waals surface area contributed by atoms with Crippen molar-refractivity contribution in [3.05, 3.63) is 53.1 Å². The number of hydrogen-bond donors (Lipinski definition) is 2. The first kappa shape index (κ1) is 25.3. The van der Waals surface area contributed by atoms with Crippen molar-refractivity contribution in [1.29, 1.82) is 0 Å². The minimum atomic E-state index is -0.833. The molecule has 0 aromatic heterocycles. The normalized spacial score (nSPS) is 20.0. The van der Waals surface area contributed by atoms with Crippen molar-refractivity contribution in [2.45, 2.75) is 19.0 Å². The molecule has 0 aliphatic carbocycles. The van der Waals surface area contributed by atoms with Crippen molar-refractivity contribution >= 4 is 35.0 Å². The summed E-state index contributed by atoms with van der Waals surface area (Å²) >= 11 is 5.89. The molecular weight excluding hydrogens is 498 g/mol. The fourth-order valence-corrected chi connectivity index (χ4v) is 4.95. The molecule has 3 aliphatic rings. The Balaban J connectivity index is 1.11. The number of benzene rings is 2. The van der Waals surface area contributed by atoms with E-state index in [4.69, 9.17) is 21.1 Å². The van der Waals surface area contributed by atoms with E-state index in [1.54, 1.807) is 29.2 Å². The third-order valence-corrected chi connectivity index (χ3v) is 7.08. The monoisotopic (exact) mass is 527 g/mol. The van der Waals surface area contributed by atoms with Gasteiger partial charge in [0.05, 0.1) is 13.0 Å². The number of hydrogen-bond acceptors (Lipinski definition) is 7. The maximum Gasteiger partial charge on any atom is 0.243 e. The van der Waals surface area contributed by atoms with E-state index in [-0.39, 0.29) is 37.5 Å². The van der Waals surface area contributed by atoms with Gasteiger partial charge in [0.1, 0.15) is 6.04 Å². The highest BCUT2D eigenvalue weighted by atomic mass is 35.5. The van der Waals surface area contributed by atoms with Crippen LogP contribution in [0.4, 0.5) is 5.69 Å². The number of nitrogens with zero attached hydrogens (tertiary/aromatic N) is 3. The summed E-state index contributed by atoms with van der Waals surface area (Å²) in [5.41, 5.74) is 1.75. The molecule has 2 aromatic carbocycles. The van der Waals surface area contributed by atoms with Crippen molar-refractivity contribution in [2.75, 3.05) is 57.9 Å². The number of halogens is 1. The number of carbonyl (C=O) groups is 3. The van der Waals surface area contributed by atoms with Gasteiger partial charge in [0.2, 0.25) is 24.5 Å². The van der Waals surface area contributed by atoms with E-state index in [1.165, 1.54) is 0 Å². The highest BCUT2D eigenvalue weighted by Crippen LogP contribution is 2.32. The van der Waals surface area contributed by atoms with Crippen LogP contribution < -0.4 is 20.1 Å². The predicted molar refractivity (Wildman–Crippen MR) is 137 cm³/mol. The molecule has 37 heavy (non-hydrogen) atoms. The van der Waals surface area contributed by atoms with Gasteiger partial charge in [-0.3, -0.25) is 24.2 Å². The molecule has 0 unspecified atom stereocenters. The quantitative estimate of drug-likeness (QED) is 0.563. The first-order valence-corrected chi connectivity index (χ1v) is 12.8. The Labute approximate surface area is 220 Å². The zero-order valence-electron chi connectivity index (χ0n) is 20.5. The van der Waals surface area contributed by atoms with Crippen LogP contribution in [0.1, 0.15) is 12.0 Å². The number of ether oxygens (including phenoxy) is 2. The number of amides is 3. The summed E-state index contributed by atoms with van der Waals surface area (Å²) in [7, 11) is 0. The van der Waals surface area contributed by atoms with Gasteiger partial charge in [-0.15, -0.1) is 0 Å². The van der Waals surface area contributed by atoms with Crippen LogP contribution in [-0.2, 0) is 20.9 Å². The molecule has 2 saturated heterocycles. The zero-order valence-corrected chi connectivity index (χ0v) is 21.2. The molecule has 0 saturated carbocycles. The van der Waals surface area contributed by atoms with Gasteiger partial charge in [-0.2, -0.15) is 0 Å². The van der Waals surface area contributed by atoms with Crippen molar-refractivity contribution in [3.8, 4) is 11.5 Å². The van der Waals surface area contributed by atoms with Crippen LogP contribution in [0, 0.1) is 0 Å². The first-order chi connectivity index (χ1) is 17.9. The van der Waals surface area contributed by atoms with Crippen LogP contribution >= 0.6 is 11.6 Å². The maximum atomic E-state index is 13.2. The average Bonchev–Trinajstić information content (AvgIpc) is 3.36. The molecule has 10 nitrogen and oxygen atoms in total. The van der Waals surface area contributed by atoms with E-state index in [9.17, 15) is 14.4 Å². The lowest BCUT2D eigenvalue weighted by Crippen LogP contribution is -2.60. The lowest BCUT2D eigenvalue weighted by atomic mass is 10.1. The van der Waals surface area contributed by atoms with Gasteiger partial charge in [-0.1, -0.05) is 17.7 Å². The summed E-state index contributed by atoms with van der Waals surface area (Å²) in [5.74, 6) is 0.782. The van der Waals surface area contributed by atoms with Crippen LogP contribution in [0.25, 0.3) is 0 Å². The number of anilines is 1. The highest BCUT2D eigenvalue weighted by Gasteiger charge is 2.35. The molecule has 196 valence electrons. The smallest absolute Gasteiger partial charge is 0.243 e. The topological polar surface area (TPSA) is 103 Å². The van der Waals surface area contributed by atoms with E-state index >= 15 is 0 Å². The largest absolute Gasteiger partial charge is 0.454 e. The fraction of sp³-hybridized carbons (Fsp3) is 0.423. The molecule has 5 rings (SSSR count). The number of nitrogens with one attached hydrogen (secondary N) is 2. The van der Waals surface area contributed by atoms with Crippen LogP contribution in [0.3, 0.4) is 0 Å². The summed E-state index contributed by atoms with van der Waals surface area (Å²) in [6.07, 6.45) is -0.108. The summed E-state index contributed by atoms with van der Waals surface area (Å²) in [4.78, 5) is 44.4. The summed E-state index contributed by atoms with van der Waals surface area (Å²) < 4.78 is 10.9. The van der Waals surface area contributed by atoms with Gasteiger partial charge in [0.15, 0.2) is 11.5 Å². The second-order valence-electron chi connectivity index (χ2n) is 9.39. The SMILES string of the molecule is O=C(C[C@H]1C(=O)NCCN1C(=O)CN1CCN(Cc2ccc3c(c2)OCO3)CC1)Nc1ccc(Cl)cc1. The van der Waals surface area contributed by atoms with E-state index in [1.807, 2.05) is 18.2 Å². The van der Waals surface area contributed by atoms with Crippen LogP contribution in [0.15, 0.2) is 42.5 Å². The van der Waals surface area contributed by atoms with Gasteiger partial charge in [0, 0.05) is 56.5 Å². The molecule has 3 amide bonds. The van der Waals surface area contributed by atoms with Crippen LogP contribution in [0.5, 0.6) is 11.5 Å². The third-order valence-electron chi connectivity index (χ3n) is 6.82. The fourth-order valence-electron chi connectivity index (χ4n) is 4.82. The molecule has 3 heterocycles. The predicted octanol–water partition coefficient (Wildman–Crippen LogP) is 1.54. The standard InChI is InChI=1S/C26H30ClN5O5/c27-19-2-4-20(5-3-19)29-24(33)14-21-26(35)28-7-8-32(21)25(34)16-31-11-9-30(10-12-31)15-18-1-6-22-23(13-18)37-17-36-22/h1-6,13,21H,7-12,14-17H2,(H,28,35)(H,29,33)/t21-/m0/s1. The van der Waals surface area contributed by atoms with E-state index in [0.29, 0.717) is 23.8 Å².